The zero-order valence-corrected chi connectivity index (χ0v) is 15.4. The van der Waals surface area contributed by atoms with Gasteiger partial charge in [-0.1, -0.05) is 29.8 Å². The number of piperidine rings is 1. The first-order valence-electron chi connectivity index (χ1n) is 9.65. The highest BCUT2D eigenvalue weighted by Crippen LogP contribution is 2.25. The fraction of sp³-hybridized carbons (Fsp3) is 0.476. The second kappa shape index (κ2) is 7.44. The second-order valence-corrected chi connectivity index (χ2v) is 7.46. The number of carbonyl (C=O) groups excluding carboxylic acids is 1. The lowest BCUT2D eigenvalue weighted by Crippen LogP contribution is -2.44. The molecule has 1 aromatic heterocycles. The van der Waals surface area contributed by atoms with Gasteiger partial charge in [0.15, 0.2) is 5.82 Å². The predicted molar refractivity (Wildman–Crippen MR) is 103 cm³/mol. The van der Waals surface area contributed by atoms with E-state index in [9.17, 15) is 4.79 Å². The largest absolute Gasteiger partial charge is 0.354 e. The molecule has 2 saturated heterocycles. The molecule has 5 nitrogen and oxygen atoms in total. The Morgan fingerprint density at radius 1 is 0.962 bits per heavy atom. The number of anilines is 1. The minimum atomic E-state index is 0.0976. The first-order valence-corrected chi connectivity index (χ1v) is 9.65. The van der Waals surface area contributed by atoms with Crippen LogP contribution < -0.4 is 4.90 Å². The van der Waals surface area contributed by atoms with Crippen LogP contribution in [0.25, 0.3) is 11.3 Å². The molecule has 2 aliphatic rings. The van der Waals surface area contributed by atoms with Crippen molar-refractivity contribution in [2.75, 3.05) is 31.1 Å². The zero-order chi connectivity index (χ0) is 17.9. The normalized spacial score (nSPS) is 20.4. The molecule has 0 aliphatic carbocycles. The van der Waals surface area contributed by atoms with Gasteiger partial charge in [-0.3, -0.25) is 4.79 Å². The Morgan fingerprint density at radius 2 is 1.73 bits per heavy atom. The van der Waals surface area contributed by atoms with Crippen molar-refractivity contribution in [3.8, 4) is 11.3 Å². The van der Waals surface area contributed by atoms with E-state index in [0.717, 1.165) is 68.9 Å². The van der Waals surface area contributed by atoms with Crippen LogP contribution in [0, 0.1) is 12.8 Å². The maximum atomic E-state index is 12.7. The van der Waals surface area contributed by atoms with Crippen molar-refractivity contribution >= 4 is 11.7 Å². The van der Waals surface area contributed by atoms with E-state index in [1.165, 1.54) is 5.56 Å². The predicted octanol–water partition coefficient (Wildman–Crippen LogP) is 3.29. The highest BCUT2D eigenvalue weighted by Gasteiger charge is 2.31. The molecule has 1 atom stereocenters. The number of carbonyl (C=O) groups is 1. The number of amides is 1. The van der Waals surface area contributed by atoms with Gasteiger partial charge in [-0.05, 0) is 44.7 Å². The standard InChI is InChI=1S/C21H26N4O/c1-16-6-8-17(9-7-16)19-10-11-20(23-22-19)25-14-4-5-18(15-25)21(26)24-12-2-3-13-24/h6-11,18H,2-5,12-15H2,1H3/t18-/m1/s1. The van der Waals surface area contributed by atoms with Crippen molar-refractivity contribution in [3.05, 3.63) is 42.0 Å². The molecule has 3 heterocycles. The molecule has 5 heteroatoms. The van der Waals surface area contributed by atoms with Gasteiger partial charge in [-0.2, -0.15) is 0 Å². The van der Waals surface area contributed by atoms with Crippen LogP contribution in [0.2, 0.25) is 0 Å². The van der Waals surface area contributed by atoms with Crippen molar-refractivity contribution in [1.82, 2.24) is 15.1 Å². The lowest BCUT2D eigenvalue weighted by atomic mass is 9.96. The summed E-state index contributed by atoms with van der Waals surface area (Å²) in [5.41, 5.74) is 3.20. The monoisotopic (exact) mass is 350 g/mol. The molecule has 2 aromatic rings. The van der Waals surface area contributed by atoms with E-state index in [-0.39, 0.29) is 5.92 Å². The molecule has 0 bridgehead atoms. The van der Waals surface area contributed by atoms with Crippen LogP contribution in [-0.4, -0.2) is 47.2 Å². The van der Waals surface area contributed by atoms with Gasteiger partial charge < -0.3 is 9.80 Å². The topological polar surface area (TPSA) is 49.3 Å². The summed E-state index contributed by atoms with van der Waals surface area (Å²) >= 11 is 0. The van der Waals surface area contributed by atoms with Gasteiger partial charge in [0, 0.05) is 31.7 Å². The zero-order valence-electron chi connectivity index (χ0n) is 15.4. The molecular formula is C21H26N4O. The van der Waals surface area contributed by atoms with Crippen LogP contribution in [0.1, 0.15) is 31.2 Å². The van der Waals surface area contributed by atoms with Crippen LogP contribution in [0.15, 0.2) is 36.4 Å². The SMILES string of the molecule is Cc1ccc(-c2ccc(N3CCC[C@@H](C(=O)N4CCCC4)C3)nn2)cc1. The third-order valence-electron chi connectivity index (χ3n) is 5.51. The molecule has 4 rings (SSSR count). The first-order chi connectivity index (χ1) is 12.7. The van der Waals surface area contributed by atoms with Crippen molar-refractivity contribution < 1.29 is 4.79 Å². The molecule has 2 aliphatic heterocycles. The number of rotatable bonds is 3. The molecule has 0 unspecified atom stereocenters. The maximum absolute atomic E-state index is 12.7. The van der Waals surface area contributed by atoms with Gasteiger partial charge in [-0.25, -0.2) is 0 Å². The minimum Gasteiger partial charge on any atom is -0.354 e. The van der Waals surface area contributed by atoms with E-state index in [0.29, 0.717) is 5.91 Å². The second-order valence-electron chi connectivity index (χ2n) is 7.46. The maximum Gasteiger partial charge on any atom is 0.227 e. The Kier molecular flexibility index (Phi) is 4.87. The number of aryl methyl sites for hydroxylation is 1. The van der Waals surface area contributed by atoms with Gasteiger partial charge >= 0.3 is 0 Å². The van der Waals surface area contributed by atoms with Crippen molar-refractivity contribution in [1.29, 1.82) is 0 Å². The number of hydrogen-bond acceptors (Lipinski definition) is 4. The van der Waals surface area contributed by atoms with Crippen molar-refractivity contribution in [2.24, 2.45) is 5.92 Å². The van der Waals surface area contributed by atoms with Crippen LogP contribution in [0.5, 0.6) is 0 Å². The van der Waals surface area contributed by atoms with Gasteiger partial charge in [-0.15, -0.1) is 10.2 Å². The summed E-state index contributed by atoms with van der Waals surface area (Å²) in [6.45, 7) is 5.64. The molecular weight excluding hydrogens is 324 g/mol. The molecule has 0 saturated carbocycles. The molecule has 136 valence electrons. The Morgan fingerprint density at radius 3 is 2.42 bits per heavy atom. The van der Waals surface area contributed by atoms with Crippen LogP contribution >= 0.6 is 0 Å². The first kappa shape index (κ1) is 17.0. The van der Waals surface area contributed by atoms with E-state index in [4.69, 9.17) is 0 Å². The van der Waals surface area contributed by atoms with Gasteiger partial charge in [0.1, 0.15) is 0 Å². The third-order valence-corrected chi connectivity index (χ3v) is 5.51. The molecule has 0 spiro atoms. The molecule has 26 heavy (non-hydrogen) atoms. The summed E-state index contributed by atoms with van der Waals surface area (Å²) in [6.07, 6.45) is 4.31. The van der Waals surface area contributed by atoms with Crippen LogP contribution in [0.4, 0.5) is 5.82 Å². The summed E-state index contributed by atoms with van der Waals surface area (Å²) in [4.78, 5) is 17.0. The number of aromatic nitrogens is 2. The average Bonchev–Trinajstić information content (AvgIpc) is 3.23. The van der Waals surface area contributed by atoms with Gasteiger partial charge in [0.25, 0.3) is 0 Å². The summed E-state index contributed by atoms with van der Waals surface area (Å²) in [7, 11) is 0. The Hall–Kier alpha value is -2.43. The molecule has 1 aromatic carbocycles. The fourth-order valence-electron chi connectivity index (χ4n) is 3.95. The molecule has 1 amide bonds. The Bertz CT molecular complexity index is 751. The smallest absolute Gasteiger partial charge is 0.227 e. The lowest BCUT2D eigenvalue weighted by molar-refractivity contribution is -0.134. The summed E-state index contributed by atoms with van der Waals surface area (Å²) in [5.74, 6) is 1.30. The van der Waals surface area contributed by atoms with Crippen LogP contribution in [-0.2, 0) is 4.79 Å². The van der Waals surface area contributed by atoms with E-state index < -0.39 is 0 Å². The van der Waals surface area contributed by atoms with Crippen molar-refractivity contribution in [3.63, 3.8) is 0 Å². The van der Waals surface area contributed by atoms with E-state index >= 15 is 0 Å². The third kappa shape index (κ3) is 3.57. The van der Waals surface area contributed by atoms with Crippen LogP contribution in [0.3, 0.4) is 0 Å². The number of benzene rings is 1. The Balaban J connectivity index is 1.45. The highest BCUT2D eigenvalue weighted by atomic mass is 16.2. The fourth-order valence-corrected chi connectivity index (χ4v) is 3.95. The van der Waals surface area contributed by atoms with Crippen molar-refractivity contribution in [2.45, 2.75) is 32.6 Å². The van der Waals surface area contributed by atoms with E-state index in [1.54, 1.807) is 0 Å². The Labute approximate surface area is 155 Å². The highest BCUT2D eigenvalue weighted by molar-refractivity contribution is 5.80. The number of nitrogens with zero attached hydrogens (tertiary/aromatic N) is 4. The average molecular weight is 350 g/mol. The summed E-state index contributed by atoms with van der Waals surface area (Å²) in [6, 6.07) is 12.4. The molecule has 2 fully saturated rings. The molecule has 0 N–H and O–H groups in total. The minimum absolute atomic E-state index is 0.0976. The van der Waals surface area contributed by atoms with E-state index in [1.807, 2.05) is 17.0 Å². The van der Waals surface area contributed by atoms with Gasteiger partial charge in [0.2, 0.25) is 5.91 Å². The molecule has 0 radical (unpaired) electrons. The quantitative estimate of drug-likeness (QED) is 0.852. The lowest BCUT2D eigenvalue weighted by Gasteiger charge is -2.34. The van der Waals surface area contributed by atoms with Gasteiger partial charge in [0.05, 0.1) is 11.6 Å². The summed E-state index contributed by atoms with van der Waals surface area (Å²) < 4.78 is 0. The summed E-state index contributed by atoms with van der Waals surface area (Å²) in [5, 5.41) is 8.86. The van der Waals surface area contributed by atoms with E-state index in [2.05, 4.69) is 46.3 Å². The number of likely N-dealkylation sites (tertiary alicyclic amines) is 1. The number of hydrogen-bond donors (Lipinski definition) is 0.